The van der Waals surface area contributed by atoms with Gasteiger partial charge < -0.3 is 10.6 Å². The van der Waals surface area contributed by atoms with Crippen LogP contribution in [-0.4, -0.2) is 23.2 Å². The molecule has 5 nitrogen and oxygen atoms in total. The van der Waals surface area contributed by atoms with E-state index in [0.717, 1.165) is 9.26 Å². The first-order valence-electron chi connectivity index (χ1n) is 4.77. The molecule has 17 heavy (non-hydrogen) atoms. The fraction of sp³-hybridized carbons (Fsp3) is 0.100. The van der Waals surface area contributed by atoms with Gasteiger partial charge in [0, 0.05) is 16.3 Å². The highest BCUT2D eigenvalue weighted by atomic mass is 127. The molecule has 0 unspecified atom stereocenters. The van der Waals surface area contributed by atoms with Crippen LogP contribution in [0.5, 0.6) is 0 Å². The molecule has 0 fully saturated rings. The van der Waals surface area contributed by atoms with E-state index in [1.807, 2.05) is 24.3 Å². The Labute approximate surface area is 116 Å². The first-order chi connectivity index (χ1) is 8.19. The first kappa shape index (κ1) is 12.2. The third kappa shape index (κ3) is 3.13. The van der Waals surface area contributed by atoms with E-state index in [-0.39, 0.29) is 5.91 Å². The molecule has 1 amide bonds. The zero-order chi connectivity index (χ0) is 12.3. The van der Waals surface area contributed by atoms with Gasteiger partial charge in [0.1, 0.15) is 0 Å². The van der Waals surface area contributed by atoms with Gasteiger partial charge in [-0.1, -0.05) is 17.4 Å². The topological polar surface area (TPSA) is 66.9 Å². The van der Waals surface area contributed by atoms with E-state index in [1.165, 1.54) is 11.3 Å². The number of carbonyl (C=O) groups excluding carboxylic acids is 1. The smallest absolute Gasteiger partial charge is 0.286 e. The largest absolute Gasteiger partial charge is 0.363 e. The molecule has 0 spiro atoms. The Hall–Kier alpha value is -1.22. The molecule has 0 aliphatic carbocycles. The Morgan fingerprint density at radius 3 is 2.88 bits per heavy atom. The molecular weight excluding hydrogens is 351 g/mol. The third-order valence-electron chi connectivity index (χ3n) is 1.92. The lowest BCUT2D eigenvalue weighted by Gasteiger charge is -2.02. The molecule has 88 valence electrons. The van der Waals surface area contributed by atoms with Crippen LogP contribution in [0, 0.1) is 3.57 Å². The van der Waals surface area contributed by atoms with Crippen LogP contribution in [-0.2, 0) is 0 Å². The molecule has 2 N–H and O–H groups in total. The molecule has 1 aromatic heterocycles. The number of hydrogen-bond acceptors (Lipinski definition) is 5. The third-order valence-corrected chi connectivity index (χ3v) is 3.53. The summed E-state index contributed by atoms with van der Waals surface area (Å²) in [5.74, 6) is -0.244. The van der Waals surface area contributed by atoms with Crippen molar-refractivity contribution in [2.24, 2.45) is 0 Å². The highest BCUT2D eigenvalue weighted by Gasteiger charge is 2.12. The monoisotopic (exact) mass is 360 g/mol. The van der Waals surface area contributed by atoms with E-state index in [1.54, 1.807) is 7.05 Å². The quantitative estimate of drug-likeness (QED) is 0.826. The van der Waals surface area contributed by atoms with Crippen molar-refractivity contribution in [2.75, 3.05) is 17.7 Å². The predicted molar refractivity (Wildman–Crippen MR) is 76.6 cm³/mol. The van der Waals surface area contributed by atoms with Gasteiger partial charge in [0.25, 0.3) is 5.91 Å². The average molecular weight is 360 g/mol. The SMILES string of the molecule is CNc1nnc(C(=O)Nc2cccc(I)c2)s1. The summed E-state index contributed by atoms with van der Waals surface area (Å²) in [6.07, 6.45) is 0. The van der Waals surface area contributed by atoms with Crippen LogP contribution in [0.25, 0.3) is 0 Å². The number of nitrogens with one attached hydrogen (secondary N) is 2. The number of amides is 1. The van der Waals surface area contributed by atoms with Crippen molar-refractivity contribution in [3.05, 3.63) is 32.8 Å². The second-order valence-electron chi connectivity index (χ2n) is 3.13. The van der Waals surface area contributed by atoms with E-state index in [9.17, 15) is 4.79 Å². The molecule has 0 aliphatic heterocycles. The predicted octanol–water partition coefficient (Wildman–Crippen LogP) is 2.44. The number of carbonyl (C=O) groups is 1. The molecule has 0 atom stereocenters. The zero-order valence-electron chi connectivity index (χ0n) is 8.90. The summed E-state index contributed by atoms with van der Waals surface area (Å²) in [6.45, 7) is 0. The van der Waals surface area contributed by atoms with Crippen molar-refractivity contribution < 1.29 is 4.79 Å². The lowest BCUT2D eigenvalue weighted by molar-refractivity contribution is 0.102. The minimum absolute atomic E-state index is 0.244. The first-order valence-corrected chi connectivity index (χ1v) is 6.67. The van der Waals surface area contributed by atoms with E-state index in [4.69, 9.17) is 0 Å². The van der Waals surface area contributed by atoms with Gasteiger partial charge in [-0.2, -0.15) is 0 Å². The molecule has 0 bridgehead atoms. The van der Waals surface area contributed by atoms with Gasteiger partial charge in [0.15, 0.2) is 0 Å². The summed E-state index contributed by atoms with van der Waals surface area (Å²) in [5.41, 5.74) is 0.753. The van der Waals surface area contributed by atoms with Crippen molar-refractivity contribution >= 4 is 50.7 Å². The van der Waals surface area contributed by atoms with Crippen molar-refractivity contribution in [1.29, 1.82) is 0 Å². The van der Waals surface area contributed by atoms with E-state index >= 15 is 0 Å². The molecule has 1 heterocycles. The number of halogens is 1. The molecule has 0 aliphatic rings. The second-order valence-corrected chi connectivity index (χ2v) is 5.35. The number of aromatic nitrogens is 2. The Kier molecular flexibility index (Phi) is 3.89. The van der Waals surface area contributed by atoms with Gasteiger partial charge in [-0.15, -0.1) is 10.2 Å². The Bertz CT molecular complexity index is 543. The van der Waals surface area contributed by atoms with E-state index < -0.39 is 0 Å². The fourth-order valence-corrected chi connectivity index (χ4v) is 2.30. The maximum absolute atomic E-state index is 11.8. The van der Waals surface area contributed by atoms with E-state index in [0.29, 0.717) is 10.1 Å². The molecular formula is C10H9IN4OS. The molecule has 0 saturated carbocycles. The lowest BCUT2D eigenvalue weighted by atomic mass is 10.3. The average Bonchev–Trinajstić information content (AvgIpc) is 2.77. The summed E-state index contributed by atoms with van der Waals surface area (Å²) >= 11 is 3.41. The highest BCUT2D eigenvalue weighted by Crippen LogP contribution is 2.17. The molecule has 7 heteroatoms. The number of benzene rings is 1. The van der Waals surface area contributed by atoms with Crippen LogP contribution < -0.4 is 10.6 Å². The van der Waals surface area contributed by atoms with Crippen LogP contribution in [0.4, 0.5) is 10.8 Å². The summed E-state index contributed by atoms with van der Waals surface area (Å²) < 4.78 is 1.06. The zero-order valence-corrected chi connectivity index (χ0v) is 11.9. The van der Waals surface area contributed by atoms with Gasteiger partial charge in [0.2, 0.25) is 10.1 Å². The molecule has 0 radical (unpaired) electrons. The lowest BCUT2D eigenvalue weighted by Crippen LogP contribution is -2.11. The Morgan fingerprint density at radius 1 is 1.41 bits per heavy atom. The normalized spacial score (nSPS) is 10.0. The van der Waals surface area contributed by atoms with E-state index in [2.05, 4.69) is 43.4 Å². The van der Waals surface area contributed by atoms with Gasteiger partial charge in [-0.25, -0.2) is 0 Å². The highest BCUT2D eigenvalue weighted by molar-refractivity contribution is 14.1. The summed E-state index contributed by atoms with van der Waals surface area (Å²) in [7, 11) is 1.74. The fourth-order valence-electron chi connectivity index (χ4n) is 1.17. The summed E-state index contributed by atoms with van der Waals surface area (Å²) in [6, 6.07) is 7.56. The van der Waals surface area contributed by atoms with Gasteiger partial charge in [0.05, 0.1) is 0 Å². The van der Waals surface area contributed by atoms with Crippen LogP contribution in [0.3, 0.4) is 0 Å². The minimum Gasteiger partial charge on any atom is -0.363 e. The molecule has 2 rings (SSSR count). The second kappa shape index (κ2) is 5.41. The molecule has 2 aromatic rings. The number of hydrogen-bond donors (Lipinski definition) is 2. The maximum atomic E-state index is 11.8. The number of anilines is 2. The standard InChI is InChI=1S/C10H9IN4OS/c1-12-10-15-14-9(17-10)8(16)13-7-4-2-3-6(11)5-7/h2-5H,1H3,(H,12,15)(H,13,16). The van der Waals surface area contributed by atoms with Gasteiger partial charge in [-0.3, -0.25) is 4.79 Å². The van der Waals surface area contributed by atoms with Crippen molar-refractivity contribution in [3.8, 4) is 0 Å². The van der Waals surface area contributed by atoms with Crippen molar-refractivity contribution in [2.45, 2.75) is 0 Å². The van der Waals surface area contributed by atoms with Crippen LogP contribution in [0.1, 0.15) is 9.80 Å². The minimum atomic E-state index is -0.244. The molecule has 0 saturated heterocycles. The van der Waals surface area contributed by atoms with Crippen molar-refractivity contribution in [3.63, 3.8) is 0 Å². The van der Waals surface area contributed by atoms with Crippen molar-refractivity contribution in [1.82, 2.24) is 10.2 Å². The number of rotatable bonds is 3. The van der Waals surface area contributed by atoms with Gasteiger partial charge >= 0.3 is 0 Å². The van der Waals surface area contributed by atoms with Crippen LogP contribution >= 0.6 is 33.9 Å². The van der Waals surface area contributed by atoms with Crippen LogP contribution in [0.15, 0.2) is 24.3 Å². The van der Waals surface area contributed by atoms with Crippen LogP contribution in [0.2, 0.25) is 0 Å². The van der Waals surface area contributed by atoms with Gasteiger partial charge in [-0.05, 0) is 40.8 Å². The summed E-state index contributed by atoms with van der Waals surface area (Å²) in [5, 5.41) is 14.2. The number of nitrogens with zero attached hydrogens (tertiary/aromatic N) is 2. The Balaban J connectivity index is 2.11. The Morgan fingerprint density at radius 2 is 2.24 bits per heavy atom. The maximum Gasteiger partial charge on any atom is 0.286 e. The molecule has 1 aromatic carbocycles. The summed E-state index contributed by atoms with van der Waals surface area (Å²) in [4.78, 5) is 11.8.